The minimum Gasteiger partial charge on any atom is -0.493 e. The molecular weight excluding hydrogens is 263 g/mol. The minimum atomic E-state index is -3.09. The topological polar surface area (TPSA) is 44.8 Å². The van der Waals surface area contributed by atoms with Gasteiger partial charge in [0.2, 0.25) is 0 Å². The summed E-state index contributed by atoms with van der Waals surface area (Å²) >= 11 is 0. The minimum absolute atomic E-state index is 0.242. The van der Waals surface area contributed by atoms with E-state index in [-0.39, 0.29) is 6.16 Å². The Morgan fingerprint density at radius 1 is 1.05 bits per heavy atom. The lowest BCUT2D eigenvalue weighted by atomic mass is 10.1. The fourth-order valence-corrected chi connectivity index (χ4v) is 3.63. The van der Waals surface area contributed by atoms with Crippen LogP contribution in [0.15, 0.2) is 18.2 Å². The summed E-state index contributed by atoms with van der Waals surface area (Å²) in [5.74, 6) is 0.782. The summed E-state index contributed by atoms with van der Waals surface area (Å²) in [6, 6.07) is 5.80. The van der Waals surface area contributed by atoms with Gasteiger partial charge in [-0.15, -0.1) is 0 Å². The van der Waals surface area contributed by atoms with Crippen LogP contribution in [0.1, 0.15) is 31.9 Å². The van der Waals surface area contributed by atoms with Gasteiger partial charge in [-0.3, -0.25) is 4.57 Å². The molecule has 0 aliphatic rings. The van der Waals surface area contributed by atoms with E-state index in [1.807, 2.05) is 45.9 Å². The van der Waals surface area contributed by atoms with Crippen molar-refractivity contribution in [2.45, 2.75) is 33.9 Å². The molecule has 5 heteroatoms. The number of ether oxygens (including phenoxy) is 1. The van der Waals surface area contributed by atoms with Crippen molar-refractivity contribution in [1.29, 1.82) is 0 Å². The summed E-state index contributed by atoms with van der Waals surface area (Å²) in [4.78, 5) is 0. The normalized spacial score (nSPS) is 11.6. The van der Waals surface area contributed by atoms with Crippen LogP contribution in [0.25, 0.3) is 0 Å². The zero-order chi connectivity index (χ0) is 14.3. The molecule has 0 bridgehead atoms. The number of benzene rings is 1. The van der Waals surface area contributed by atoms with Crippen LogP contribution < -0.4 is 4.74 Å². The molecule has 1 aromatic rings. The van der Waals surface area contributed by atoms with Crippen molar-refractivity contribution in [2.75, 3.05) is 19.8 Å². The molecule has 0 saturated heterocycles. The zero-order valence-electron chi connectivity index (χ0n) is 12.1. The van der Waals surface area contributed by atoms with Crippen LogP contribution in [-0.2, 0) is 19.8 Å². The molecule has 0 amide bonds. The highest BCUT2D eigenvalue weighted by Crippen LogP contribution is 2.52. The first-order chi connectivity index (χ1) is 9.06. The highest BCUT2D eigenvalue weighted by molar-refractivity contribution is 7.53. The van der Waals surface area contributed by atoms with Crippen molar-refractivity contribution in [3.05, 3.63) is 29.3 Å². The Labute approximate surface area is 115 Å². The average Bonchev–Trinajstić information content (AvgIpc) is 2.34. The van der Waals surface area contributed by atoms with Gasteiger partial charge in [0.25, 0.3) is 0 Å². The molecule has 1 aromatic carbocycles. The van der Waals surface area contributed by atoms with Crippen LogP contribution >= 0.6 is 7.60 Å². The van der Waals surface area contributed by atoms with Crippen LogP contribution in [-0.4, -0.2) is 19.8 Å². The molecule has 0 heterocycles. The first-order valence-electron chi connectivity index (χ1n) is 6.65. The second-order valence-corrected chi connectivity index (χ2v) is 6.16. The van der Waals surface area contributed by atoms with Gasteiger partial charge in [-0.05, 0) is 33.3 Å². The summed E-state index contributed by atoms with van der Waals surface area (Å²) in [7, 11) is -3.09. The van der Waals surface area contributed by atoms with E-state index in [0.29, 0.717) is 19.8 Å². The molecule has 0 atom stereocenters. The molecule has 0 aliphatic heterocycles. The lowest BCUT2D eigenvalue weighted by Gasteiger charge is -2.19. The van der Waals surface area contributed by atoms with Crippen molar-refractivity contribution < 1.29 is 18.3 Å². The molecule has 0 N–H and O–H groups in total. The Kier molecular flexibility index (Phi) is 6.56. The first-order valence-corrected chi connectivity index (χ1v) is 8.38. The van der Waals surface area contributed by atoms with Gasteiger partial charge in [-0.1, -0.05) is 18.2 Å². The molecule has 0 aliphatic carbocycles. The second kappa shape index (κ2) is 7.68. The molecular formula is C14H23O4P. The van der Waals surface area contributed by atoms with E-state index in [4.69, 9.17) is 13.8 Å². The van der Waals surface area contributed by atoms with Crippen molar-refractivity contribution in [2.24, 2.45) is 0 Å². The molecule has 0 saturated carbocycles. The van der Waals surface area contributed by atoms with E-state index < -0.39 is 7.60 Å². The van der Waals surface area contributed by atoms with Crippen LogP contribution in [0, 0.1) is 6.92 Å². The quantitative estimate of drug-likeness (QED) is 0.673. The molecule has 19 heavy (non-hydrogen) atoms. The van der Waals surface area contributed by atoms with E-state index >= 15 is 0 Å². The van der Waals surface area contributed by atoms with Gasteiger partial charge < -0.3 is 13.8 Å². The maximum absolute atomic E-state index is 12.6. The molecule has 1 rings (SSSR count). The van der Waals surface area contributed by atoms with E-state index in [1.165, 1.54) is 0 Å². The Bertz CT molecular complexity index is 435. The predicted molar refractivity (Wildman–Crippen MR) is 76.9 cm³/mol. The van der Waals surface area contributed by atoms with Crippen molar-refractivity contribution in [1.82, 2.24) is 0 Å². The lowest BCUT2D eigenvalue weighted by molar-refractivity contribution is 0.218. The van der Waals surface area contributed by atoms with Gasteiger partial charge in [0, 0.05) is 5.56 Å². The smallest absolute Gasteiger partial charge is 0.335 e. The van der Waals surface area contributed by atoms with Crippen molar-refractivity contribution in [3.63, 3.8) is 0 Å². The zero-order valence-corrected chi connectivity index (χ0v) is 13.0. The number of aryl methyl sites for hydroxylation is 1. The second-order valence-electron chi connectivity index (χ2n) is 4.10. The van der Waals surface area contributed by atoms with Crippen LogP contribution in [0.3, 0.4) is 0 Å². The van der Waals surface area contributed by atoms with Gasteiger partial charge in [-0.25, -0.2) is 0 Å². The summed E-state index contributed by atoms with van der Waals surface area (Å²) < 4.78 is 28.8. The maximum Gasteiger partial charge on any atom is 0.335 e. The fourth-order valence-electron chi connectivity index (χ4n) is 1.92. The maximum atomic E-state index is 12.6. The van der Waals surface area contributed by atoms with E-state index in [1.54, 1.807) is 0 Å². The number of hydrogen-bond donors (Lipinski definition) is 0. The van der Waals surface area contributed by atoms with E-state index in [2.05, 4.69) is 0 Å². The van der Waals surface area contributed by atoms with Gasteiger partial charge in [0.1, 0.15) is 5.75 Å². The Morgan fingerprint density at radius 3 is 2.21 bits per heavy atom. The average molecular weight is 286 g/mol. The number of hydrogen-bond acceptors (Lipinski definition) is 4. The standard InChI is InChI=1S/C14H23O4P/c1-5-16-14-12(4)9-8-10-13(14)11-19(15,17-6-2)18-7-3/h8-10H,5-7,11H2,1-4H3. The Balaban J connectivity index is 3.02. The lowest BCUT2D eigenvalue weighted by Crippen LogP contribution is -2.03. The summed E-state index contributed by atoms with van der Waals surface area (Å²) in [6.07, 6.45) is 0.242. The molecule has 108 valence electrons. The van der Waals surface area contributed by atoms with Crippen LogP contribution in [0.4, 0.5) is 0 Å². The first kappa shape index (κ1) is 16.2. The third-order valence-corrected chi connectivity index (χ3v) is 4.63. The van der Waals surface area contributed by atoms with Crippen LogP contribution in [0.2, 0.25) is 0 Å². The monoisotopic (exact) mass is 286 g/mol. The SMILES string of the molecule is CCOc1c(C)cccc1CP(=O)(OCC)OCC. The summed E-state index contributed by atoms with van der Waals surface area (Å²) in [5.41, 5.74) is 1.89. The summed E-state index contributed by atoms with van der Waals surface area (Å²) in [5, 5.41) is 0. The van der Waals surface area contributed by atoms with Gasteiger partial charge >= 0.3 is 7.60 Å². The Hall–Kier alpha value is -0.830. The predicted octanol–water partition coefficient (Wildman–Crippen LogP) is 4.16. The van der Waals surface area contributed by atoms with E-state index in [0.717, 1.165) is 16.9 Å². The van der Waals surface area contributed by atoms with Gasteiger partial charge in [-0.2, -0.15) is 0 Å². The fraction of sp³-hybridized carbons (Fsp3) is 0.571. The molecule has 0 spiro atoms. The molecule has 0 aromatic heterocycles. The van der Waals surface area contributed by atoms with Crippen LogP contribution in [0.5, 0.6) is 5.75 Å². The highest BCUT2D eigenvalue weighted by atomic mass is 31.2. The number of rotatable bonds is 8. The van der Waals surface area contributed by atoms with Gasteiger partial charge in [0.05, 0.1) is 26.0 Å². The third kappa shape index (κ3) is 4.64. The Morgan fingerprint density at radius 2 is 1.68 bits per heavy atom. The summed E-state index contributed by atoms with van der Waals surface area (Å²) in [6.45, 7) is 8.84. The largest absolute Gasteiger partial charge is 0.493 e. The molecule has 0 fully saturated rings. The third-order valence-electron chi connectivity index (χ3n) is 2.60. The highest BCUT2D eigenvalue weighted by Gasteiger charge is 2.26. The molecule has 0 radical (unpaired) electrons. The van der Waals surface area contributed by atoms with Crippen molar-refractivity contribution in [3.8, 4) is 5.75 Å². The molecule has 4 nitrogen and oxygen atoms in total. The van der Waals surface area contributed by atoms with E-state index in [9.17, 15) is 4.57 Å². The molecule has 0 unspecified atom stereocenters. The van der Waals surface area contributed by atoms with Gasteiger partial charge in [0.15, 0.2) is 0 Å². The van der Waals surface area contributed by atoms with Crippen molar-refractivity contribution >= 4 is 7.60 Å². The number of para-hydroxylation sites is 1.